The number of aromatic hydroxyl groups is 1. The Morgan fingerprint density at radius 2 is 1.84 bits per heavy atom. The van der Waals surface area contributed by atoms with Crippen LogP contribution in [0.4, 0.5) is 0 Å². The molecule has 31 heavy (non-hydrogen) atoms. The van der Waals surface area contributed by atoms with Gasteiger partial charge in [0.25, 0.3) is 0 Å². The molecule has 0 aliphatic carbocycles. The van der Waals surface area contributed by atoms with Crippen molar-refractivity contribution in [1.82, 2.24) is 9.55 Å². The summed E-state index contributed by atoms with van der Waals surface area (Å²) >= 11 is 0. The van der Waals surface area contributed by atoms with E-state index in [0.29, 0.717) is 29.2 Å². The predicted octanol–water partition coefficient (Wildman–Crippen LogP) is 4.41. The summed E-state index contributed by atoms with van der Waals surface area (Å²) in [6.45, 7) is 0.539. The van der Waals surface area contributed by atoms with Crippen LogP contribution in [0.5, 0.6) is 23.1 Å². The molecule has 6 nitrogen and oxygen atoms in total. The molecule has 0 bridgehead atoms. The van der Waals surface area contributed by atoms with Crippen molar-refractivity contribution >= 4 is 0 Å². The van der Waals surface area contributed by atoms with Gasteiger partial charge in [-0.2, -0.15) is 0 Å². The monoisotopic (exact) mass is 411 g/mol. The number of phenols is 1. The van der Waals surface area contributed by atoms with Gasteiger partial charge in [-0.15, -0.1) is 0 Å². The van der Waals surface area contributed by atoms with Gasteiger partial charge in [-0.3, -0.25) is 5.41 Å². The average Bonchev–Trinajstić information content (AvgIpc) is 2.80. The van der Waals surface area contributed by atoms with E-state index < -0.39 is 0 Å². The van der Waals surface area contributed by atoms with E-state index >= 15 is 0 Å². The quantitative estimate of drug-likeness (QED) is 0.459. The number of fused-ring (bicyclic) bond motifs is 2. The molecule has 2 heterocycles. The van der Waals surface area contributed by atoms with Crippen molar-refractivity contribution in [2.45, 2.75) is 12.5 Å². The molecule has 5 rings (SSSR count). The lowest BCUT2D eigenvalue weighted by molar-refractivity contribution is 0.412. The minimum Gasteiger partial charge on any atom is -0.508 e. The molecular weight excluding hydrogens is 390 g/mol. The second-order valence-corrected chi connectivity index (χ2v) is 7.46. The van der Waals surface area contributed by atoms with Crippen molar-refractivity contribution < 1.29 is 14.6 Å². The Hall–Kier alpha value is -4.06. The van der Waals surface area contributed by atoms with Crippen molar-refractivity contribution in [1.29, 1.82) is 5.41 Å². The number of phenolic OH excluding ortho intramolecular Hbond substituents is 1. The zero-order chi connectivity index (χ0) is 21.4. The number of nitrogens with one attached hydrogen (secondary N) is 1. The molecule has 1 atom stereocenters. The molecule has 3 aromatic carbocycles. The first-order valence-electron chi connectivity index (χ1n) is 9.96. The van der Waals surface area contributed by atoms with Gasteiger partial charge in [0.2, 0.25) is 5.88 Å². The number of benzene rings is 3. The highest BCUT2D eigenvalue weighted by atomic mass is 16.5. The van der Waals surface area contributed by atoms with Gasteiger partial charge in [-0.05, 0) is 29.3 Å². The summed E-state index contributed by atoms with van der Waals surface area (Å²) in [5.41, 5.74) is 3.99. The summed E-state index contributed by atoms with van der Waals surface area (Å²) in [6, 6.07) is 22.9. The molecule has 1 unspecified atom stereocenters. The maximum absolute atomic E-state index is 9.97. The van der Waals surface area contributed by atoms with Crippen molar-refractivity contribution in [3.05, 3.63) is 107 Å². The van der Waals surface area contributed by atoms with E-state index in [2.05, 4.69) is 4.98 Å². The van der Waals surface area contributed by atoms with Gasteiger partial charge >= 0.3 is 0 Å². The molecule has 6 heteroatoms. The third kappa shape index (κ3) is 3.42. The van der Waals surface area contributed by atoms with Crippen LogP contribution >= 0.6 is 0 Å². The number of ether oxygens (including phenoxy) is 2. The minimum atomic E-state index is -0.256. The van der Waals surface area contributed by atoms with Crippen molar-refractivity contribution in [2.75, 3.05) is 7.11 Å². The van der Waals surface area contributed by atoms with Crippen LogP contribution < -0.4 is 15.0 Å². The molecule has 0 saturated heterocycles. The zero-order valence-electron chi connectivity index (χ0n) is 16.9. The second-order valence-electron chi connectivity index (χ2n) is 7.46. The van der Waals surface area contributed by atoms with Crippen molar-refractivity contribution in [3.8, 4) is 23.1 Å². The number of hydrogen-bond donors (Lipinski definition) is 2. The SMILES string of the molecule is COc1ccc(C2c3ccc(O)cc3Oc3ncn(Cc4ccccc4)c(=N)c32)cc1. The lowest BCUT2D eigenvalue weighted by Crippen LogP contribution is -2.30. The van der Waals surface area contributed by atoms with Gasteiger partial charge < -0.3 is 19.1 Å². The molecule has 1 aromatic heterocycles. The number of rotatable bonds is 4. The fourth-order valence-corrected chi connectivity index (χ4v) is 4.00. The van der Waals surface area contributed by atoms with E-state index in [9.17, 15) is 5.11 Å². The Morgan fingerprint density at radius 3 is 2.58 bits per heavy atom. The smallest absolute Gasteiger partial charge is 0.228 e. The first-order chi connectivity index (χ1) is 15.1. The zero-order valence-corrected chi connectivity index (χ0v) is 16.9. The standard InChI is InChI=1S/C25H21N3O3/c1-30-19-10-7-17(8-11-19)22-20-12-9-18(29)13-21(20)31-25-23(22)24(26)28(15-27-25)14-16-5-3-2-4-6-16/h2-13,15,22,26,29H,14H2,1H3. The van der Waals surface area contributed by atoms with Crippen molar-refractivity contribution in [2.24, 2.45) is 0 Å². The topological polar surface area (TPSA) is 80.4 Å². The highest BCUT2D eigenvalue weighted by molar-refractivity contribution is 5.57. The number of aromatic nitrogens is 2. The van der Waals surface area contributed by atoms with Gasteiger partial charge in [0.05, 0.1) is 19.2 Å². The Labute approximate surface area is 179 Å². The third-order valence-corrected chi connectivity index (χ3v) is 5.54. The highest BCUT2D eigenvalue weighted by Gasteiger charge is 2.32. The largest absolute Gasteiger partial charge is 0.508 e. The molecule has 0 saturated carbocycles. The first-order valence-corrected chi connectivity index (χ1v) is 9.96. The van der Waals surface area contributed by atoms with Crippen LogP contribution in [0.2, 0.25) is 0 Å². The van der Waals surface area contributed by atoms with Gasteiger partial charge in [-0.1, -0.05) is 48.5 Å². The summed E-state index contributed by atoms with van der Waals surface area (Å²) in [5.74, 6) is 1.55. The summed E-state index contributed by atoms with van der Waals surface area (Å²) in [7, 11) is 1.63. The van der Waals surface area contributed by atoms with E-state index in [-0.39, 0.29) is 11.7 Å². The molecule has 0 radical (unpaired) electrons. The van der Waals surface area contributed by atoms with E-state index in [1.54, 1.807) is 25.6 Å². The summed E-state index contributed by atoms with van der Waals surface area (Å²) in [5, 5.41) is 19.0. The predicted molar refractivity (Wildman–Crippen MR) is 116 cm³/mol. The van der Waals surface area contributed by atoms with E-state index in [4.69, 9.17) is 14.9 Å². The highest BCUT2D eigenvalue weighted by Crippen LogP contribution is 2.46. The van der Waals surface area contributed by atoms with Gasteiger partial charge in [0.1, 0.15) is 29.1 Å². The number of nitrogens with zero attached hydrogens (tertiary/aromatic N) is 2. The average molecular weight is 411 g/mol. The molecule has 154 valence electrons. The third-order valence-electron chi connectivity index (χ3n) is 5.54. The Kier molecular flexibility index (Phi) is 4.67. The van der Waals surface area contributed by atoms with Crippen molar-refractivity contribution in [3.63, 3.8) is 0 Å². The molecule has 0 amide bonds. The fraction of sp³-hybridized carbons (Fsp3) is 0.120. The van der Waals surface area contributed by atoms with Crippen LogP contribution in [0, 0.1) is 5.41 Å². The molecule has 0 fully saturated rings. The van der Waals surface area contributed by atoms with Gasteiger partial charge in [0.15, 0.2) is 0 Å². The van der Waals surface area contributed by atoms with Gasteiger partial charge in [0, 0.05) is 17.5 Å². The van der Waals surface area contributed by atoms with Crippen LogP contribution in [0.3, 0.4) is 0 Å². The number of methoxy groups -OCH3 is 1. The normalized spacial score (nSPS) is 14.3. The van der Waals surface area contributed by atoms with Gasteiger partial charge in [-0.25, -0.2) is 4.98 Å². The summed E-state index contributed by atoms with van der Waals surface area (Å²) < 4.78 is 13.1. The molecular formula is C25H21N3O3. The van der Waals surface area contributed by atoms with Crippen LogP contribution in [0.15, 0.2) is 79.1 Å². The number of hydrogen-bond acceptors (Lipinski definition) is 5. The van der Waals surface area contributed by atoms with E-state index in [0.717, 1.165) is 22.4 Å². The van der Waals surface area contributed by atoms with E-state index in [1.807, 2.05) is 65.2 Å². The minimum absolute atomic E-state index is 0.122. The summed E-state index contributed by atoms with van der Waals surface area (Å²) in [4.78, 5) is 4.53. The fourth-order valence-electron chi connectivity index (χ4n) is 4.00. The maximum Gasteiger partial charge on any atom is 0.228 e. The maximum atomic E-state index is 9.97. The van der Waals surface area contributed by atoms with Crippen LogP contribution in [0.1, 0.15) is 28.2 Å². The Bertz CT molecular complexity index is 1300. The van der Waals surface area contributed by atoms with Crippen LogP contribution in [-0.2, 0) is 6.54 Å². The molecule has 1 aliphatic heterocycles. The Balaban J connectivity index is 1.68. The van der Waals surface area contributed by atoms with Crippen LogP contribution in [-0.4, -0.2) is 21.8 Å². The lowest BCUT2D eigenvalue weighted by atomic mass is 9.84. The first kappa shape index (κ1) is 18.9. The summed E-state index contributed by atoms with van der Waals surface area (Å²) in [6.07, 6.45) is 1.63. The second kappa shape index (κ2) is 7.65. The molecule has 2 N–H and O–H groups in total. The molecule has 1 aliphatic rings. The molecule has 0 spiro atoms. The molecule has 4 aromatic rings. The van der Waals surface area contributed by atoms with E-state index in [1.165, 1.54) is 0 Å². The lowest BCUT2D eigenvalue weighted by Gasteiger charge is -2.28. The Morgan fingerprint density at radius 1 is 1.06 bits per heavy atom. The van der Waals surface area contributed by atoms with Crippen LogP contribution in [0.25, 0.3) is 0 Å².